The molecule has 0 bridgehead atoms. The van der Waals surface area contributed by atoms with Gasteiger partial charge in [0.1, 0.15) is 6.54 Å². The highest BCUT2D eigenvalue weighted by Crippen LogP contribution is 2.34. The van der Waals surface area contributed by atoms with Crippen molar-refractivity contribution in [3.8, 4) is 0 Å². The standard InChI is InChI=1S/C17H10BrF3N2O3S2/c18-13-5-4-11(27-13)7-12-15(25)23(16(26)28-12)8-14(24)22-10-3-1-2-9(6-10)17(19,20)21/h1-7H,8H2,(H,22,24)/b12-7-. The molecule has 1 aliphatic rings. The SMILES string of the molecule is O=C(CN1C(=O)S/C(=C\c2ccc(Br)s2)C1=O)Nc1cccc(C(F)(F)F)c1. The molecular weight excluding hydrogens is 481 g/mol. The van der Waals surface area contributed by atoms with E-state index < -0.39 is 35.3 Å². The molecule has 146 valence electrons. The zero-order valence-electron chi connectivity index (χ0n) is 13.7. The average Bonchev–Trinajstić information content (AvgIpc) is 3.13. The van der Waals surface area contributed by atoms with Crippen LogP contribution in [0.25, 0.3) is 6.08 Å². The zero-order chi connectivity index (χ0) is 20.5. The van der Waals surface area contributed by atoms with Crippen LogP contribution >= 0.6 is 39.0 Å². The Labute approximate surface area is 173 Å². The van der Waals surface area contributed by atoms with Crippen molar-refractivity contribution in [3.05, 3.63) is 55.5 Å². The van der Waals surface area contributed by atoms with E-state index in [1.165, 1.54) is 17.4 Å². The van der Waals surface area contributed by atoms with Gasteiger partial charge in [0.05, 0.1) is 14.3 Å². The first-order valence-electron chi connectivity index (χ1n) is 7.61. The van der Waals surface area contributed by atoms with E-state index in [-0.39, 0.29) is 10.6 Å². The van der Waals surface area contributed by atoms with Crippen molar-refractivity contribution in [3.63, 3.8) is 0 Å². The van der Waals surface area contributed by atoms with Crippen molar-refractivity contribution in [1.29, 1.82) is 0 Å². The summed E-state index contributed by atoms with van der Waals surface area (Å²) in [6.45, 7) is -0.591. The summed E-state index contributed by atoms with van der Waals surface area (Å²) in [5.74, 6) is -1.40. The number of benzene rings is 1. The molecule has 0 aliphatic carbocycles. The molecule has 0 atom stereocenters. The number of thioether (sulfide) groups is 1. The van der Waals surface area contributed by atoms with Crippen LogP contribution in [0, 0.1) is 0 Å². The Bertz CT molecular complexity index is 988. The van der Waals surface area contributed by atoms with E-state index in [2.05, 4.69) is 21.2 Å². The fourth-order valence-corrected chi connectivity index (χ4v) is 4.56. The Morgan fingerprint density at radius 1 is 1.21 bits per heavy atom. The maximum Gasteiger partial charge on any atom is 0.416 e. The van der Waals surface area contributed by atoms with Gasteiger partial charge in [-0.3, -0.25) is 19.3 Å². The topological polar surface area (TPSA) is 66.5 Å². The fourth-order valence-electron chi connectivity index (χ4n) is 2.29. The third-order valence-corrected chi connectivity index (χ3v) is 5.99. The first-order valence-corrected chi connectivity index (χ1v) is 10.0. The minimum atomic E-state index is -4.55. The molecule has 0 spiro atoms. The number of nitrogens with zero attached hydrogens (tertiary/aromatic N) is 1. The van der Waals surface area contributed by atoms with Gasteiger partial charge in [0.15, 0.2) is 0 Å². The number of rotatable bonds is 4. The van der Waals surface area contributed by atoms with Crippen molar-refractivity contribution in [2.24, 2.45) is 0 Å². The third-order valence-electron chi connectivity index (χ3n) is 3.52. The number of carbonyl (C=O) groups excluding carboxylic acids is 3. The Morgan fingerprint density at radius 2 is 1.96 bits per heavy atom. The van der Waals surface area contributed by atoms with Crippen molar-refractivity contribution < 1.29 is 27.6 Å². The first-order chi connectivity index (χ1) is 13.1. The van der Waals surface area contributed by atoms with E-state index in [9.17, 15) is 27.6 Å². The summed E-state index contributed by atoms with van der Waals surface area (Å²) in [7, 11) is 0. The minimum Gasteiger partial charge on any atom is -0.325 e. The summed E-state index contributed by atoms with van der Waals surface area (Å²) in [6, 6.07) is 7.66. The van der Waals surface area contributed by atoms with Crippen molar-refractivity contribution in [2.75, 3.05) is 11.9 Å². The highest BCUT2D eigenvalue weighted by Gasteiger charge is 2.36. The Kier molecular flexibility index (Phi) is 5.96. The number of anilines is 1. The number of nitrogens with one attached hydrogen (secondary N) is 1. The van der Waals surface area contributed by atoms with Gasteiger partial charge >= 0.3 is 6.18 Å². The monoisotopic (exact) mass is 490 g/mol. The number of hydrogen-bond donors (Lipinski definition) is 1. The molecule has 1 aromatic heterocycles. The van der Waals surface area contributed by atoms with E-state index in [0.29, 0.717) is 11.8 Å². The predicted molar refractivity (Wildman–Crippen MR) is 105 cm³/mol. The summed E-state index contributed by atoms with van der Waals surface area (Å²) in [5, 5.41) is 1.65. The van der Waals surface area contributed by atoms with Crippen LogP contribution in [-0.2, 0) is 15.8 Å². The molecule has 1 aromatic carbocycles. The Balaban J connectivity index is 1.68. The summed E-state index contributed by atoms with van der Waals surface area (Å²) >= 11 is 5.37. The second-order valence-electron chi connectivity index (χ2n) is 5.54. The van der Waals surface area contributed by atoms with Gasteiger partial charge in [-0.1, -0.05) is 6.07 Å². The normalized spacial score (nSPS) is 16.1. The van der Waals surface area contributed by atoms with Crippen molar-refractivity contribution in [2.45, 2.75) is 6.18 Å². The van der Waals surface area contributed by atoms with Crippen molar-refractivity contribution >= 4 is 67.8 Å². The minimum absolute atomic E-state index is 0.0780. The van der Waals surface area contributed by atoms with Crippen LogP contribution in [0.5, 0.6) is 0 Å². The molecular formula is C17H10BrF3N2O3S2. The number of imide groups is 1. The molecule has 1 N–H and O–H groups in total. The maximum absolute atomic E-state index is 12.7. The van der Waals surface area contributed by atoms with Gasteiger partial charge in [-0.25, -0.2) is 0 Å². The lowest BCUT2D eigenvalue weighted by atomic mass is 10.2. The van der Waals surface area contributed by atoms with Gasteiger partial charge in [0.25, 0.3) is 11.1 Å². The molecule has 0 unspecified atom stereocenters. The highest BCUT2D eigenvalue weighted by molar-refractivity contribution is 9.11. The van der Waals surface area contributed by atoms with Gasteiger partial charge in [0.2, 0.25) is 5.91 Å². The van der Waals surface area contributed by atoms with Crippen LogP contribution in [0.15, 0.2) is 45.1 Å². The summed E-state index contributed by atoms with van der Waals surface area (Å²) in [4.78, 5) is 38.2. The van der Waals surface area contributed by atoms with E-state index in [0.717, 1.165) is 31.8 Å². The van der Waals surface area contributed by atoms with E-state index in [4.69, 9.17) is 0 Å². The molecule has 11 heteroatoms. The maximum atomic E-state index is 12.7. The number of carbonyl (C=O) groups is 3. The number of alkyl halides is 3. The molecule has 5 nitrogen and oxygen atoms in total. The second kappa shape index (κ2) is 8.10. The Hall–Kier alpha value is -2.11. The van der Waals surface area contributed by atoms with Crippen LogP contribution in [0.3, 0.4) is 0 Å². The molecule has 0 saturated carbocycles. The van der Waals surface area contributed by atoms with Gasteiger partial charge in [0, 0.05) is 10.6 Å². The van der Waals surface area contributed by atoms with E-state index in [1.807, 2.05) is 0 Å². The molecule has 2 heterocycles. The molecule has 1 fully saturated rings. The predicted octanol–water partition coefficient (Wildman–Crippen LogP) is 5.20. The molecule has 1 saturated heterocycles. The Morgan fingerprint density at radius 3 is 2.61 bits per heavy atom. The summed E-state index contributed by atoms with van der Waals surface area (Å²) in [6.07, 6.45) is -3.00. The lowest BCUT2D eigenvalue weighted by Gasteiger charge is -2.13. The fraction of sp³-hybridized carbons (Fsp3) is 0.118. The zero-order valence-corrected chi connectivity index (χ0v) is 17.0. The molecule has 1 aliphatic heterocycles. The molecule has 2 aromatic rings. The lowest BCUT2D eigenvalue weighted by Crippen LogP contribution is -2.36. The van der Waals surface area contributed by atoms with Gasteiger partial charge in [-0.15, -0.1) is 11.3 Å². The van der Waals surface area contributed by atoms with E-state index >= 15 is 0 Å². The van der Waals surface area contributed by atoms with Crippen LogP contribution < -0.4 is 5.32 Å². The van der Waals surface area contributed by atoms with Crippen LogP contribution in [0.1, 0.15) is 10.4 Å². The average molecular weight is 491 g/mol. The molecule has 3 rings (SSSR count). The number of hydrogen-bond acceptors (Lipinski definition) is 5. The number of halogens is 4. The third kappa shape index (κ3) is 4.83. The first kappa shape index (κ1) is 20.6. The summed E-state index contributed by atoms with van der Waals surface area (Å²) < 4.78 is 39.1. The van der Waals surface area contributed by atoms with Crippen LogP contribution in [-0.4, -0.2) is 28.5 Å². The largest absolute Gasteiger partial charge is 0.416 e. The van der Waals surface area contributed by atoms with E-state index in [1.54, 1.807) is 18.2 Å². The molecule has 0 radical (unpaired) electrons. The van der Waals surface area contributed by atoms with Gasteiger partial charge in [-0.2, -0.15) is 13.2 Å². The van der Waals surface area contributed by atoms with Gasteiger partial charge < -0.3 is 5.32 Å². The quantitative estimate of drug-likeness (QED) is 0.597. The smallest absolute Gasteiger partial charge is 0.325 e. The molecule has 3 amide bonds. The lowest BCUT2D eigenvalue weighted by molar-refractivity contribution is -0.137. The van der Waals surface area contributed by atoms with Crippen LogP contribution in [0.2, 0.25) is 0 Å². The second-order valence-corrected chi connectivity index (χ2v) is 9.02. The van der Waals surface area contributed by atoms with Crippen molar-refractivity contribution in [1.82, 2.24) is 4.90 Å². The number of thiophene rings is 1. The number of amides is 3. The summed E-state index contributed by atoms with van der Waals surface area (Å²) in [5.41, 5.74) is -0.993. The van der Waals surface area contributed by atoms with Crippen LogP contribution in [0.4, 0.5) is 23.7 Å². The molecule has 28 heavy (non-hydrogen) atoms. The highest BCUT2D eigenvalue weighted by atomic mass is 79.9. The van der Waals surface area contributed by atoms with Gasteiger partial charge in [-0.05, 0) is 64.1 Å².